The number of nitrogens with one attached hydrogen (secondary N) is 1. The van der Waals surface area contributed by atoms with E-state index >= 15 is 0 Å². The molecule has 11 heteroatoms. The smallest absolute Gasteiger partial charge is 0.424 e. The Morgan fingerprint density at radius 1 is 0.851 bits per heavy atom. The molecule has 3 aromatic carbocycles. The fraction of sp³-hybridized carbons (Fsp3) is 0.333. The largest absolute Gasteiger partial charge is 0.497 e. The van der Waals surface area contributed by atoms with Crippen LogP contribution in [0.2, 0.25) is 0 Å². The van der Waals surface area contributed by atoms with Gasteiger partial charge in [0.05, 0.1) is 32.7 Å². The molecular weight excluding hydrogens is 598 g/mol. The monoisotopic (exact) mass is 641 g/mol. The van der Waals surface area contributed by atoms with Gasteiger partial charge in [-0.3, -0.25) is 4.90 Å². The van der Waals surface area contributed by atoms with Crippen LogP contribution in [0.15, 0.2) is 72.9 Å². The maximum atomic E-state index is 14.0. The summed E-state index contributed by atoms with van der Waals surface area (Å²) in [5.41, 5.74) is 3.42. The maximum Gasteiger partial charge on any atom is 0.424 e. The summed E-state index contributed by atoms with van der Waals surface area (Å²) in [6.45, 7) is 9.45. The molecule has 0 unspecified atom stereocenters. The van der Waals surface area contributed by atoms with Gasteiger partial charge in [0.25, 0.3) is 0 Å². The standard InChI is InChI=1S/C36H43N5O6/c1-25-8-7-9-26(2)35(25)47-36(42)41(30-12-11-29(43-4)24-32(30)44-5)28-14-15-37-34(23-28)38-27-10-13-31(33(22-27)45-6)46-21-20-40-18-16-39(3)17-19-40/h7-15,22-24H,16-21H2,1-6H3,(H,37,38). The third kappa shape index (κ3) is 8.24. The molecule has 11 nitrogen and oxygen atoms in total. The SMILES string of the molecule is COc1ccc(N(C(=O)Oc2c(C)cccc2C)c2ccnc(Nc3ccc(OCCN4CCN(C)CC4)c(OC)c3)c2)c(OC)c1. The van der Waals surface area contributed by atoms with Crippen LogP contribution < -0.4 is 33.9 Å². The van der Waals surface area contributed by atoms with Crippen LogP contribution in [0.25, 0.3) is 0 Å². The Morgan fingerprint density at radius 2 is 1.60 bits per heavy atom. The molecule has 1 aliphatic rings. The molecule has 1 aliphatic heterocycles. The van der Waals surface area contributed by atoms with Gasteiger partial charge in [-0.05, 0) is 62.4 Å². The van der Waals surface area contributed by atoms with Crippen molar-refractivity contribution in [1.29, 1.82) is 0 Å². The third-order valence-electron chi connectivity index (χ3n) is 8.11. The number of pyridine rings is 1. The van der Waals surface area contributed by atoms with E-state index in [-0.39, 0.29) is 0 Å². The van der Waals surface area contributed by atoms with Crippen molar-refractivity contribution in [2.75, 3.05) is 77.9 Å². The molecular formula is C36H43N5O6. The second kappa shape index (κ2) is 15.5. The predicted octanol–water partition coefficient (Wildman–Crippen LogP) is 6.43. The average Bonchev–Trinajstić information content (AvgIpc) is 3.08. The summed E-state index contributed by atoms with van der Waals surface area (Å²) in [6, 6.07) is 20.1. The van der Waals surface area contributed by atoms with Crippen LogP contribution in [0.3, 0.4) is 0 Å². The lowest BCUT2D eigenvalue weighted by molar-refractivity contribution is 0.133. The molecule has 1 amide bonds. The van der Waals surface area contributed by atoms with E-state index in [1.165, 1.54) is 4.90 Å². The van der Waals surface area contributed by atoms with Crippen molar-refractivity contribution >= 4 is 29.0 Å². The summed E-state index contributed by atoms with van der Waals surface area (Å²) < 4.78 is 28.8. The summed E-state index contributed by atoms with van der Waals surface area (Å²) in [5, 5.41) is 3.33. The number of likely N-dealkylation sites (N-methyl/N-ethyl adjacent to an activating group) is 1. The summed E-state index contributed by atoms with van der Waals surface area (Å²) in [6.07, 6.45) is 1.02. The fourth-order valence-corrected chi connectivity index (χ4v) is 5.40. The van der Waals surface area contributed by atoms with E-state index in [9.17, 15) is 4.79 Å². The maximum absolute atomic E-state index is 14.0. The van der Waals surface area contributed by atoms with Crippen LogP contribution in [-0.2, 0) is 0 Å². The minimum atomic E-state index is -0.609. The van der Waals surface area contributed by atoms with Gasteiger partial charge in [0, 0.05) is 62.8 Å². The van der Waals surface area contributed by atoms with E-state index < -0.39 is 6.09 Å². The van der Waals surface area contributed by atoms with Crippen LogP contribution in [-0.4, -0.2) is 88.6 Å². The summed E-state index contributed by atoms with van der Waals surface area (Å²) in [7, 11) is 6.88. The number of hydrogen-bond donors (Lipinski definition) is 1. The van der Waals surface area contributed by atoms with Gasteiger partial charge in [-0.1, -0.05) is 18.2 Å². The molecule has 4 aromatic rings. The zero-order valence-electron chi connectivity index (χ0n) is 27.9. The number of aromatic nitrogens is 1. The first kappa shape index (κ1) is 33.4. The highest BCUT2D eigenvalue weighted by atomic mass is 16.6. The predicted molar refractivity (Wildman–Crippen MR) is 184 cm³/mol. The number of rotatable bonds is 12. The molecule has 47 heavy (non-hydrogen) atoms. The number of carbonyl (C=O) groups excluding carboxylic acids is 1. The van der Waals surface area contributed by atoms with Gasteiger partial charge >= 0.3 is 6.09 Å². The van der Waals surface area contributed by atoms with Gasteiger partial charge in [0.1, 0.15) is 29.7 Å². The number of ether oxygens (including phenoxy) is 5. The van der Waals surface area contributed by atoms with Crippen molar-refractivity contribution in [3.05, 3.63) is 84.1 Å². The van der Waals surface area contributed by atoms with E-state index in [4.69, 9.17) is 23.7 Å². The van der Waals surface area contributed by atoms with E-state index in [1.807, 2.05) is 50.2 Å². The minimum Gasteiger partial charge on any atom is -0.497 e. The van der Waals surface area contributed by atoms with Crippen LogP contribution in [0.5, 0.6) is 28.7 Å². The van der Waals surface area contributed by atoms with Crippen molar-refractivity contribution < 1.29 is 28.5 Å². The Balaban J connectivity index is 1.38. The number of benzene rings is 3. The molecule has 5 rings (SSSR count). The van der Waals surface area contributed by atoms with Gasteiger partial charge in [0.2, 0.25) is 0 Å². The van der Waals surface area contributed by atoms with Crippen molar-refractivity contribution in [2.24, 2.45) is 0 Å². The molecule has 1 fully saturated rings. The van der Waals surface area contributed by atoms with Gasteiger partial charge in [-0.25, -0.2) is 14.7 Å². The number of carbonyl (C=O) groups is 1. The summed E-state index contributed by atoms with van der Waals surface area (Å²) in [4.78, 5) is 24.7. The lowest BCUT2D eigenvalue weighted by Crippen LogP contribution is -2.45. The molecule has 248 valence electrons. The van der Waals surface area contributed by atoms with E-state index in [1.54, 1.807) is 57.9 Å². The first-order valence-corrected chi connectivity index (χ1v) is 15.5. The molecule has 0 saturated carbocycles. The number of aryl methyl sites for hydroxylation is 2. The zero-order valence-corrected chi connectivity index (χ0v) is 27.9. The van der Waals surface area contributed by atoms with Gasteiger partial charge in [-0.15, -0.1) is 0 Å². The molecule has 0 spiro atoms. The summed E-state index contributed by atoms with van der Waals surface area (Å²) in [5.74, 6) is 3.30. The van der Waals surface area contributed by atoms with Crippen molar-refractivity contribution in [3.63, 3.8) is 0 Å². The van der Waals surface area contributed by atoms with Crippen molar-refractivity contribution in [1.82, 2.24) is 14.8 Å². The molecule has 0 radical (unpaired) electrons. The Morgan fingerprint density at radius 3 is 2.30 bits per heavy atom. The number of para-hydroxylation sites is 1. The second-order valence-corrected chi connectivity index (χ2v) is 11.3. The molecule has 0 atom stereocenters. The lowest BCUT2D eigenvalue weighted by Gasteiger charge is -2.32. The highest BCUT2D eigenvalue weighted by Crippen LogP contribution is 2.39. The fourth-order valence-electron chi connectivity index (χ4n) is 5.40. The molecule has 0 aliphatic carbocycles. The van der Waals surface area contributed by atoms with Crippen LogP contribution in [0.4, 0.5) is 27.7 Å². The topological polar surface area (TPSA) is 97.9 Å². The van der Waals surface area contributed by atoms with Crippen molar-refractivity contribution in [2.45, 2.75) is 13.8 Å². The van der Waals surface area contributed by atoms with Gasteiger partial charge < -0.3 is 33.9 Å². The normalized spacial score (nSPS) is 13.5. The number of hydrogen-bond acceptors (Lipinski definition) is 10. The van der Waals surface area contributed by atoms with Gasteiger partial charge in [0.15, 0.2) is 11.5 Å². The highest BCUT2D eigenvalue weighted by molar-refractivity contribution is 5.99. The molecule has 2 heterocycles. The Bertz CT molecular complexity index is 1650. The molecule has 1 N–H and O–H groups in total. The Hall–Kier alpha value is -5.00. The number of methoxy groups -OCH3 is 3. The first-order valence-electron chi connectivity index (χ1n) is 15.5. The first-order chi connectivity index (χ1) is 22.8. The van der Waals surface area contributed by atoms with Crippen LogP contribution in [0, 0.1) is 13.8 Å². The number of amides is 1. The van der Waals surface area contributed by atoms with E-state index in [0.29, 0.717) is 52.5 Å². The lowest BCUT2D eigenvalue weighted by atomic mass is 10.1. The van der Waals surface area contributed by atoms with E-state index in [2.05, 4.69) is 27.1 Å². The number of piperazine rings is 1. The van der Waals surface area contributed by atoms with Gasteiger partial charge in [-0.2, -0.15) is 0 Å². The quantitative estimate of drug-likeness (QED) is 0.186. The number of nitrogens with zero attached hydrogens (tertiary/aromatic N) is 4. The Kier molecular flexibility index (Phi) is 11.0. The number of anilines is 4. The highest BCUT2D eigenvalue weighted by Gasteiger charge is 2.26. The van der Waals surface area contributed by atoms with Crippen molar-refractivity contribution in [3.8, 4) is 28.7 Å². The molecule has 0 bridgehead atoms. The van der Waals surface area contributed by atoms with E-state index in [0.717, 1.165) is 49.5 Å². The second-order valence-electron chi connectivity index (χ2n) is 11.3. The summed E-state index contributed by atoms with van der Waals surface area (Å²) >= 11 is 0. The molecule has 1 saturated heterocycles. The minimum absolute atomic E-state index is 0.432. The zero-order chi connectivity index (χ0) is 33.3. The molecule has 1 aromatic heterocycles. The van der Waals surface area contributed by atoms with Crippen LogP contribution in [0.1, 0.15) is 11.1 Å². The average molecular weight is 642 g/mol. The third-order valence-corrected chi connectivity index (χ3v) is 8.11. The van der Waals surface area contributed by atoms with Crippen LogP contribution >= 0.6 is 0 Å². The Labute approximate surface area is 276 Å².